The van der Waals surface area contributed by atoms with E-state index in [1.54, 1.807) is 7.11 Å². The Hall–Kier alpha value is -0.530. The van der Waals surface area contributed by atoms with Gasteiger partial charge in [0.25, 0.3) is 0 Å². The molecule has 0 spiro atoms. The van der Waals surface area contributed by atoms with Gasteiger partial charge >= 0.3 is 0 Å². The van der Waals surface area contributed by atoms with E-state index in [0.29, 0.717) is 0 Å². The van der Waals surface area contributed by atoms with E-state index in [2.05, 4.69) is 4.99 Å². The van der Waals surface area contributed by atoms with Crippen molar-refractivity contribution in [2.75, 3.05) is 13.7 Å². The van der Waals surface area contributed by atoms with Crippen molar-refractivity contribution in [2.45, 2.75) is 33.1 Å². The van der Waals surface area contributed by atoms with Crippen LogP contribution in [-0.2, 0) is 4.74 Å². The smallest absolute Gasteiger partial charge is 0.182 e. The summed E-state index contributed by atoms with van der Waals surface area (Å²) in [6, 6.07) is 0. The van der Waals surface area contributed by atoms with Crippen LogP contribution in [0.3, 0.4) is 0 Å². The lowest BCUT2D eigenvalue weighted by atomic mass is 10.2. The van der Waals surface area contributed by atoms with Gasteiger partial charge in [0.2, 0.25) is 0 Å². The third-order valence-electron chi connectivity index (χ3n) is 1.32. The number of rotatable bonds is 0. The Kier molecular flexibility index (Phi) is 6.24. The second-order valence-corrected chi connectivity index (χ2v) is 1.94. The number of ether oxygens (including phenoxy) is 1. The molecule has 1 aliphatic heterocycles. The maximum atomic E-state index is 4.94. The predicted octanol–water partition coefficient (Wildman–Crippen LogP) is 2.24. The van der Waals surface area contributed by atoms with Gasteiger partial charge in [-0.2, -0.15) is 0 Å². The molecule has 2 heteroatoms. The maximum absolute atomic E-state index is 4.94. The van der Waals surface area contributed by atoms with Crippen LogP contribution in [0.1, 0.15) is 33.1 Å². The van der Waals surface area contributed by atoms with Crippen LogP contribution in [0.15, 0.2) is 4.99 Å². The quantitative estimate of drug-likeness (QED) is 0.509. The summed E-state index contributed by atoms with van der Waals surface area (Å²) in [5, 5.41) is 0. The first-order valence-corrected chi connectivity index (χ1v) is 4.01. The fraction of sp³-hybridized carbons (Fsp3) is 0.875. The van der Waals surface area contributed by atoms with Crippen molar-refractivity contribution in [3.05, 3.63) is 0 Å². The molecule has 2 nitrogen and oxygen atoms in total. The minimum absolute atomic E-state index is 0.927. The lowest BCUT2D eigenvalue weighted by Crippen LogP contribution is -2.07. The molecule has 0 aromatic carbocycles. The molecule has 1 heterocycles. The summed E-state index contributed by atoms with van der Waals surface area (Å²) in [5.74, 6) is 0.927. The number of methoxy groups -OCH3 is 1. The predicted molar refractivity (Wildman–Crippen MR) is 44.5 cm³/mol. The number of hydrogen-bond donors (Lipinski definition) is 0. The van der Waals surface area contributed by atoms with Gasteiger partial charge in [0.15, 0.2) is 5.90 Å². The van der Waals surface area contributed by atoms with E-state index in [4.69, 9.17) is 4.74 Å². The second kappa shape index (κ2) is 6.59. The zero-order valence-corrected chi connectivity index (χ0v) is 7.18. The molecule has 0 N–H and O–H groups in total. The summed E-state index contributed by atoms with van der Waals surface area (Å²) >= 11 is 0. The van der Waals surface area contributed by atoms with Crippen molar-refractivity contribution >= 4 is 5.90 Å². The zero-order valence-electron chi connectivity index (χ0n) is 7.18. The van der Waals surface area contributed by atoms with Crippen LogP contribution < -0.4 is 0 Å². The fourth-order valence-corrected chi connectivity index (χ4v) is 0.837. The van der Waals surface area contributed by atoms with E-state index in [-0.39, 0.29) is 0 Å². The van der Waals surface area contributed by atoms with Crippen LogP contribution in [0.25, 0.3) is 0 Å². The van der Waals surface area contributed by atoms with Gasteiger partial charge in [0, 0.05) is 13.0 Å². The maximum Gasteiger partial charge on any atom is 0.182 e. The van der Waals surface area contributed by atoms with E-state index in [0.717, 1.165) is 18.9 Å². The molecule has 0 saturated heterocycles. The lowest BCUT2D eigenvalue weighted by molar-refractivity contribution is 0.378. The Balaban J connectivity index is 0.000000371. The summed E-state index contributed by atoms with van der Waals surface area (Å²) < 4.78 is 4.94. The highest BCUT2D eigenvalue weighted by molar-refractivity contribution is 5.76. The van der Waals surface area contributed by atoms with Crippen molar-refractivity contribution in [1.82, 2.24) is 0 Å². The first kappa shape index (κ1) is 9.47. The molecule has 0 saturated carbocycles. The van der Waals surface area contributed by atoms with Gasteiger partial charge in [0.1, 0.15) is 0 Å². The molecule has 1 aliphatic rings. The third kappa shape index (κ3) is 3.49. The van der Waals surface area contributed by atoms with Gasteiger partial charge in [-0.3, -0.25) is 4.99 Å². The molecule has 0 amide bonds. The highest BCUT2D eigenvalue weighted by Gasteiger charge is 2.02. The largest absolute Gasteiger partial charge is 0.484 e. The molecule has 60 valence electrons. The highest BCUT2D eigenvalue weighted by Crippen LogP contribution is 2.05. The van der Waals surface area contributed by atoms with E-state index >= 15 is 0 Å². The topological polar surface area (TPSA) is 21.6 Å². The van der Waals surface area contributed by atoms with Crippen molar-refractivity contribution in [3.63, 3.8) is 0 Å². The summed E-state index contributed by atoms with van der Waals surface area (Å²) in [7, 11) is 1.68. The minimum atomic E-state index is 0.927. The van der Waals surface area contributed by atoms with Crippen LogP contribution in [0.4, 0.5) is 0 Å². The molecule has 0 atom stereocenters. The Morgan fingerprint density at radius 2 is 2.00 bits per heavy atom. The van der Waals surface area contributed by atoms with E-state index in [1.165, 1.54) is 12.8 Å². The van der Waals surface area contributed by atoms with Crippen LogP contribution in [0, 0.1) is 0 Å². The fourth-order valence-electron chi connectivity index (χ4n) is 0.837. The standard InChI is InChI=1S/C6H11NO.C2H6/c1-8-6-4-2-3-5-7-6;1-2/h2-5H2,1H3;1-2H3. The summed E-state index contributed by atoms with van der Waals surface area (Å²) in [6.07, 6.45) is 3.51. The van der Waals surface area contributed by atoms with Gasteiger partial charge in [-0.15, -0.1) is 0 Å². The Morgan fingerprint density at radius 3 is 2.30 bits per heavy atom. The average Bonchev–Trinajstić information content (AvgIpc) is 2.10. The molecule has 0 aliphatic carbocycles. The minimum Gasteiger partial charge on any atom is -0.484 e. The van der Waals surface area contributed by atoms with Gasteiger partial charge < -0.3 is 4.74 Å². The highest BCUT2D eigenvalue weighted by atomic mass is 16.5. The molecule has 0 aromatic heterocycles. The first-order valence-electron chi connectivity index (χ1n) is 4.01. The van der Waals surface area contributed by atoms with Crippen LogP contribution >= 0.6 is 0 Å². The first-order chi connectivity index (χ1) is 4.93. The van der Waals surface area contributed by atoms with Gasteiger partial charge in [-0.1, -0.05) is 13.8 Å². The molecular formula is C8H17NO. The number of aliphatic imine (C=N–C) groups is 1. The van der Waals surface area contributed by atoms with Gasteiger partial charge in [-0.25, -0.2) is 0 Å². The number of nitrogens with zero attached hydrogens (tertiary/aromatic N) is 1. The van der Waals surface area contributed by atoms with Crippen LogP contribution in [-0.4, -0.2) is 19.6 Å². The summed E-state index contributed by atoms with van der Waals surface area (Å²) in [5.41, 5.74) is 0. The van der Waals surface area contributed by atoms with Gasteiger partial charge in [-0.05, 0) is 12.8 Å². The lowest BCUT2D eigenvalue weighted by Gasteiger charge is -2.08. The molecule has 0 bridgehead atoms. The van der Waals surface area contributed by atoms with Crippen molar-refractivity contribution in [2.24, 2.45) is 4.99 Å². The van der Waals surface area contributed by atoms with Crippen molar-refractivity contribution in [3.8, 4) is 0 Å². The van der Waals surface area contributed by atoms with Crippen LogP contribution in [0.5, 0.6) is 0 Å². The van der Waals surface area contributed by atoms with Crippen molar-refractivity contribution < 1.29 is 4.74 Å². The Bertz CT molecular complexity index is 99.4. The normalized spacial score (nSPS) is 16.5. The number of hydrogen-bond acceptors (Lipinski definition) is 2. The third-order valence-corrected chi connectivity index (χ3v) is 1.32. The zero-order chi connectivity index (χ0) is 7.82. The molecule has 1 rings (SSSR count). The SMILES string of the molecule is CC.COC1=NCCCC1. The van der Waals surface area contributed by atoms with E-state index in [1.807, 2.05) is 13.8 Å². The molecule has 0 unspecified atom stereocenters. The molecule has 0 radical (unpaired) electrons. The van der Waals surface area contributed by atoms with Crippen LogP contribution in [0.2, 0.25) is 0 Å². The summed E-state index contributed by atoms with van der Waals surface area (Å²) in [4.78, 5) is 4.14. The monoisotopic (exact) mass is 143 g/mol. The second-order valence-electron chi connectivity index (χ2n) is 1.94. The molecule has 0 fully saturated rings. The Labute approximate surface area is 63.3 Å². The molecule has 10 heavy (non-hydrogen) atoms. The van der Waals surface area contributed by atoms with Gasteiger partial charge in [0.05, 0.1) is 7.11 Å². The van der Waals surface area contributed by atoms with E-state index < -0.39 is 0 Å². The molecule has 0 aromatic rings. The average molecular weight is 143 g/mol. The summed E-state index contributed by atoms with van der Waals surface area (Å²) in [6.45, 7) is 4.96. The Morgan fingerprint density at radius 1 is 1.30 bits per heavy atom. The molecular weight excluding hydrogens is 126 g/mol. The van der Waals surface area contributed by atoms with E-state index in [9.17, 15) is 0 Å². The van der Waals surface area contributed by atoms with Crippen molar-refractivity contribution in [1.29, 1.82) is 0 Å².